The zero-order chi connectivity index (χ0) is 21.8. The molecular weight excluding hydrogens is 416 g/mol. The van der Waals surface area contributed by atoms with Crippen LogP contribution in [0.5, 0.6) is 0 Å². The number of rotatable bonds is 3. The lowest BCUT2D eigenvalue weighted by Gasteiger charge is -2.61. The molecule has 1 saturated heterocycles. The lowest BCUT2D eigenvalue weighted by molar-refractivity contribution is -0.111. The highest BCUT2D eigenvalue weighted by Crippen LogP contribution is 2.55. The summed E-state index contributed by atoms with van der Waals surface area (Å²) in [5.74, 6) is 1.60. The molecule has 2 aromatic heterocycles. The lowest BCUT2D eigenvalue weighted by Crippen LogP contribution is -2.70. The Morgan fingerprint density at radius 3 is 2.87 bits per heavy atom. The Balaban J connectivity index is 1.43. The Hall–Kier alpha value is -3.00. The molecule has 1 aliphatic carbocycles. The van der Waals surface area contributed by atoms with Gasteiger partial charge in [-0.05, 0) is 56.4 Å². The number of piperidine rings is 1. The van der Waals surface area contributed by atoms with Crippen molar-refractivity contribution in [1.29, 1.82) is 0 Å². The van der Waals surface area contributed by atoms with Crippen LogP contribution in [0.1, 0.15) is 43.5 Å². The first-order valence-corrected chi connectivity index (χ1v) is 10.7. The molecule has 0 unspecified atom stereocenters. The van der Waals surface area contributed by atoms with Gasteiger partial charge in [0, 0.05) is 23.7 Å². The molecule has 2 fully saturated rings. The maximum absolute atomic E-state index is 13.4. The van der Waals surface area contributed by atoms with Crippen LogP contribution in [-0.2, 0) is 5.54 Å². The number of likely N-dealkylation sites (tertiary alicyclic amines) is 1. The molecule has 0 radical (unpaired) electrons. The monoisotopic (exact) mass is 438 g/mol. The molecule has 160 valence electrons. The first kappa shape index (κ1) is 19.9. The number of hydrogen-bond donors (Lipinski definition) is 1. The second-order valence-electron chi connectivity index (χ2n) is 8.67. The van der Waals surface area contributed by atoms with Crippen LogP contribution >= 0.6 is 11.6 Å². The molecule has 2 amide bonds. The number of fused-ring (bicyclic) bond motifs is 2. The summed E-state index contributed by atoms with van der Waals surface area (Å²) >= 11 is 6.08. The maximum Gasteiger partial charge on any atom is 0.323 e. The summed E-state index contributed by atoms with van der Waals surface area (Å²) in [7, 11) is 0. The third kappa shape index (κ3) is 3.35. The molecule has 1 aliphatic heterocycles. The number of amides is 2. The van der Waals surface area contributed by atoms with E-state index in [1.165, 1.54) is 6.20 Å². The van der Waals surface area contributed by atoms with Gasteiger partial charge in [-0.25, -0.2) is 4.79 Å². The van der Waals surface area contributed by atoms with Crippen molar-refractivity contribution in [3.8, 4) is 11.3 Å². The molecule has 9 heteroatoms. The summed E-state index contributed by atoms with van der Waals surface area (Å²) < 4.78 is 5.52. The van der Waals surface area contributed by atoms with Crippen molar-refractivity contribution < 1.29 is 9.32 Å². The lowest BCUT2D eigenvalue weighted by atomic mass is 9.64. The SMILES string of the molecule is Cc1noc([C@]23C[C@@H](C)C[C@H](C2)N3C(=O)Nc2ccc(C)c(-c3cc(Cl)cnn3)c2)n1. The maximum atomic E-state index is 13.4. The fraction of sp³-hybridized carbons (Fsp3) is 0.409. The molecule has 3 heterocycles. The Morgan fingerprint density at radius 1 is 1.29 bits per heavy atom. The van der Waals surface area contributed by atoms with Gasteiger partial charge in [-0.1, -0.05) is 29.7 Å². The minimum absolute atomic E-state index is 0.161. The highest BCUT2D eigenvalue weighted by molar-refractivity contribution is 6.30. The minimum atomic E-state index is -0.528. The van der Waals surface area contributed by atoms with Crippen molar-refractivity contribution in [2.75, 3.05) is 5.32 Å². The van der Waals surface area contributed by atoms with Crippen molar-refractivity contribution in [3.05, 3.63) is 52.8 Å². The zero-order valence-corrected chi connectivity index (χ0v) is 18.3. The first-order valence-electron chi connectivity index (χ1n) is 10.4. The third-order valence-electron chi connectivity index (χ3n) is 6.29. The Kier molecular flexibility index (Phi) is 4.69. The van der Waals surface area contributed by atoms with E-state index in [2.05, 4.69) is 32.6 Å². The van der Waals surface area contributed by atoms with Crippen LogP contribution in [0.4, 0.5) is 10.5 Å². The number of nitrogens with zero attached hydrogens (tertiary/aromatic N) is 5. The van der Waals surface area contributed by atoms with E-state index in [0.717, 1.165) is 30.4 Å². The van der Waals surface area contributed by atoms with E-state index < -0.39 is 5.54 Å². The van der Waals surface area contributed by atoms with E-state index in [-0.39, 0.29) is 12.1 Å². The van der Waals surface area contributed by atoms with Crippen LogP contribution in [0, 0.1) is 19.8 Å². The fourth-order valence-corrected chi connectivity index (χ4v) is 5.22. The Labute approximate surface area is 185 Å². The molecule has 31 heavy (non-hydrogen) atoms. The predicted molar refractivity (Wildman–Crippen MR) is 116 cm³/mol. The van der Waals surface area contributed by atoms with E-state index in [1.54, 1.807) is 13.0 Å². The van der Waals surface area contributed by atoms with Gasteiger partial charge in [0.15, 0.2) is 5.82 Å². The largest absolute Gasteiger partial charge is 0.337 e. The number of benzene rings is 1. The highest BCUT2D eigenvalue weighted by Gasteiger charge is 2.62. The van der Waals surface area contributed by atoms with Gasteiger partial charge >= 0.3 is 6.03 Å². The molecule has 1 N–H and O–H groups in total. The molecule has 2 bridgehead atoms. The number of aryl methyl sites for hydroxylation is 2. The summed E-state index contributed by atoms with van der Waals surface area (Å²) in [6.07, 6.45) is 4.13. The number of carbonyl (C=O) groups excluding carboxylic acids is 1. The third-order valence-corrected chi connectivity index (χ3v) is 6.50. The fourth-order valence-electron chi connectivity index (χ4n) is 5.07. The summed E-state index contributed by atoms with van der Waals surface area (Å²) in [6.45, 7) is 5.98. The van der Waals surface area contributed by atoms with Crippen LogP contribution in [-0.4, -0.2) is 37.3 Å². The van der Waals surface area contributed by atoms with Crippen molar-refractivity contribution in [1.82, 2.24) is 25.2 Å². The molecule has 2 aliphatic rings. The summed E-state index contributed by atoms with van der Waals surface area (Å²) in [5, 5.41) is 15.6. The van der Waals surface area contributed by atoms with Crippen molar-refractivity contribution in [2.24, 2.45) is 5.92 Å². The normalized spacial score (nSPS) is 24.6. The zero-order valence-electron chi connectivity index (χ0n) is 17.6. The predicted octanol–water partition coefficient (Wildman–Crippen LogP) is 4.73. The number of anilines is 1. The van der Waals surface area contributed by atoms with Crippen LogP contribution < -0.4 is 5.32 Å². The van der Waals surface area contributed by atoms with Gasteiger partial charge in [0.2, 0.25) is 0 Å². The van der Waals surface area contributed by atoms with Crippen LogP contribution in [0.25, 0.3) is 11.3 Å². The number of urea groups is 1. The molecular formula is C22H23ClN6O2. The number of carbonyl (C=O) groups is 1. The Morgan fingerprint density at radius 2 is 2.13 bits per heavy atom. The Bertz CT molecular complexity index is 1160. The number of aromatic nitrogens is 4. The summed E-state index contributed by atoms with van der Waals surface area (Å²) in [6, 6.07) is 7.50. The van der Waals surface area contributed by atoms with E-state index in [0.29, 0.717) is 34.0 Å². The summed E-state index contributed by atoms with van der Waals surface area (Å²) in [5.41, 5.74) is 2.70. The van der Waals surface area contributed by atoms with Gasteiger partial charge < -0.3 is 14.7 Å². The molecule has 3 atom stereocenters. The van der Waals surface area contributed by atoms with E-state index in [4.69, 9.17) is 16.1 Å². The quantitative estimate of drug-likeness (QED) is 0.635. The summed E-state index contributed by atoms with van der Waals surface area (Å²) in [4.78, 5) is 19.7. The van der Waals surface area contributed by atoms with Crippen molar-refractivity contribution >= 4 is 23.3 Å². The average Bonchev–Trinajstić information content (AvgIpc) is 3.15. The molecule has 0 spiro atoms. The van der Waals surface area contributed by atoms with Crippen LogP contribution in [0.3, 0.4) is 0 Å². The van der Waals surface area contributed by atoms with Crippen molar-refractivity contribution in [2.45, 2.75) is 51.6 Å². The topological polar surface area (TPSA) is 97.0 Å². The number of nitrogens with one attached hydrogen (secondary N) is 1. The van der Waals surface area contributed by atoms with Gasteiger partial charge in [-0.2, -0.15) is 15.2 Å². The molecule has 5 rings (SSSR count). The van der Waals surface area contributed by atoms with E-state index in [1.807, 2.05) is 30.0 Å². The van der Waals surface area contributed by atoms with Gasteiger partial charge in [0.25, 0.3) is 5.89 Å². The van der Waals surface area contributed by atoms with Gasteiger partial charge in [0.1, 0.15) is 5.54 Å². The molecule has 1 saturated carbocycles. The van der Waals surface area contributed by atoms with Crippen LogP contribution in [0.15, 0.2) is 35.0 Å². The molecule has 3 aromatic rings. The molecule has 8 nitrogen and oxygen atoms in total. The minimum Gasteiger partial charge on any atom is -0.337 e. The van der Waals surface area contributed by atoms with Crippen LogP contribution in [0.2, 0.25) is 5.02 Å². The standard InChI is InChI=1S/C22H23ClN6O2/c1-12-6-17-10-22(9-12,20-25-14(3)28-31-20)29(17)21(30)26-16-5-4-13(2)18(8-16)19-7-15(23)11-24-27-19/h4-5,7-8,11-12,17H,6,9-10H2,1-3H3,(H,26,30)/t12-,17+,22-/m0/s1. The van der Waals surface area contributed by atoms with E-state index in [9.17, 15) is 4.79 Å². The van der Waals surface area contributed by atoms with E-state index >= 15 is 0 Å². The number of halogens is 1. The number of hydrogen-bond acceptors (Lipinski definition) is 6. The first-order chi connectivity index (χ1) is 14.9. The highest BCUT2D eigenvalue weighted by atomic mass is 35.5. The smallest absolute Gasteiger partial charge is 0.323 e. The second kappa shape index (κ2) is 7.30. The van der Waals surface area contributed by atoms with Crippen molar-refractivity contribution in [3.63, 3.8) is 0 Å². The van der Waals surface area contributed by atoms with Gasteiger partial charge in [-0.15, -0.1) is 0 Å². The van der Waals surface area contributed by atoms with Gasteiger partial charge in [-0.3, -0.25) is 0 Å². The second-order valence-corrected chi connectivity index (χ2v) is 9.11. The van der Waals surface area contributed by atoms with Gasteiger partial charge in [0.05, 0.1) is 16.9 Å². The molecule has 1 aromatic carbocycles. The average molecular weight is 439 g/mol.